The molecule has 0 spiro atoms. The van der Waals surface area contributed by atoms with Gasteiger partial charge in [-0.1, -0.05) is 36.4 Å². The van der Waals surface area contributed by atoms with Crippen molar-refractivity contribution in [3.05, 3.63) is 42.5 Å². The second-order valence-electron chi connectivity index (χ2n) is 5.12. The molecule has 1 saturated heterocycles. The van der Waals surface area contributed by atoms with E-state index >= 15 is 0 Å². The highest BCUT2D eigenvalue weighted by molar-refractivity contribution is 7.89. The van der Waals surface area contributed by atoms with E-state index in [9.17, 15) is 8.42 Å². The fraction of sp³-hybridized carbons (Fsp3) is 0.333. The quantitative estimate of drug-likeness (QED) is 0.939. The molecule has 1 unspecified atom stereocenters. The number of fused-ring (bicyclic) bond motifs is 1. The molecule has 5 heteroatoms. The molecule has 2 aromatic carbocycles. The Labute approximate surface area is 119 Å². The molecule has 0 radical (unpaired) electrons. The van der Waals surface area contributed by atoms with Crippen molar-refractivity contribution in [2.75, 3.05) is 13.1 Å². The molecule has 20 heavy (non-hydrogen) atoms. The molecule has 1 aliphatic heterocycles. The topological polar surface area (TPSA) is 63.4 Å². The van der Waals surface area contributed by atoms with Gasteiger partial charge >= 0.3 is 0 Å². The van der Waals surface area contributed by atoms with Gasteiger partial charge in [-0.25, -0.2) is 8.42 Å². The Balaban J connectivity index is 2.14. The average molecular weight is 290 g/mol. The molecule has 2 N–H and O–H groups in total. The summed E-state index contributed by atoms with van der Waals surface area (Å²) in [6.45, 7) is 0.942. The lowest BCUT2D eigenvalue weighted by molar-refractivity contribution is 0.393. The molecule has 0 amide bonds. The minimum atomic E-state index is -3.47. The zero-order valence-corrected chi connectivity index (χ0v) is 12.0. The van der Waals surface area contributed by atoms with Crippen molar-refractivity contribution in [1.82, 2.24) is 4.31 Å². The zero-order valence-electron chi connectivity index (χ0n) is 11.2. The Bertz CT molecular complexity index is 722. The van der Waals surface area contributed by atoms with Gasteiger partial charge in [0, 0.05) is 24.5 Å². The van der Waals surface area contributed by atoms with Crippen LogP contribution in [0.15, 0.2) is 47.4 Å². The van der Waals surface area contributed by atoms with Crippen LogP contribution in [0.1, 0.15) is 12.8 Å². The van der Waals surface area contributed by atoms with Crippen LogP contribution in [0, 0.1) is 0 Å². The van der Waals surface area contributed by atoms with E-state index < -0.39 is 10.0 Å². The van der Waals surface area contributed by atoms with Gasteiger partial charge in [-0.2, -0.15) is 4.31 Å². The molecule has 0 saturated carbocycles. The number of hydrogen-bond donors (Lipinski definition) is 1. The summed E-state index contributed by atoms with van der Waals surface area (Å²) in [5, 5.41) is 1.72. The lowest BCUT2D eigenvalue weighted by Crippen LogP contribution is -2.39. The molecule has 2 aromatic rings. The normalized spacial score (nSPS) is 20.6. The predicted molar refractivity (Wildman–Crippen MR) is 79.9 cm³/mol. The van der Waals surface area contributed by atoms with E-state index in [2.05, 4.69) is 0 Å². The Morgan fingerprint density at radius 1 is 1.15 bits per heavy atom. The third-order valence-corrected chi connectivity index (χ3v) is 5.94. The first-order chi connectivity index (χ1) is 9.64. The van der Waals surface area contributed by atoms with Gasteiger partial charge in [0.2, 0.25) is 10.0 Å². The summed E-state index contributed by atoms with van der Waals surface area (Å²) in [7, 11) is -3.47. The molecule has 1 atom stereocenters. The maximum atomic E-state index is 12.9. The first-order valence-corrected chi connectivity index (χ1v) is 8.28. The fourth-order valence-corrected chi connectivity index (χ4v) is 4.83. The molecule has 1 aliphatic rings. The molecular formula is C15H18N2O2S. The SMILES string of the molecule is NCC1CCCN1S(=O)(=O)c1cccc2ccccc12. The van der Waals surface area contributed by atoms with Crippen molar-refractivity contribution in [1.29, 1.82) is 0 Å². The molecule has 0 bridgehead atoms. The number of nitrogens with two attached hydrogens (primary N) is 1. The second-order valence-corrected chi connectivity index (χ2v) is 6.98. The molecule has 4 nitrogen and oxygen atoms in total. The number of benzene rings is 2. The summed E-state index contributed by atoms with van der Waals surface area (Å²) in [6.07, 6.45) is 1.73. The van der Waals surface area contributed by atoms with Gasteiger partial charge in [-0.3, -0.25) is 0 Å². The van der Waals surface area contributed by atoms with Gasteiger partial charge in [0.05, 0.1) is 4.90 Å². The molecule has 3 rings (SSSR count). The van der Waals surface area contributed by atoms with Crippen LogP contribution in [0.2, 0.25) is 0 Å². The lowest BCUT2D eigenvalue weighted by atomic mass is 10.1. The highest BCUT2D eigenvalue weighted by Gasteiger charge is 2.35. The van der Waals surface area contributed by atoms with Crippen LogP contribution in [-0.2, 0) is 10.0 Å². The smallest absolute Gasteiger partial charge is 0.243 e. The van der Waals surface area contributed by atoms with Gasteiger partial charge in [0.15, 0.2) is 0 Å². The summed E-state index contributed by atoms with van der Waals surface area (Å²) in [6, 6.07) is 12.9. The van der Waals surface area contributed by atoms with Gasteiger partial charge in [0.1, 0.15) is 0 Å². The first-order valence-electron chi connectivity index (χ1n) is 6.84. The van der Waals surface area contributed by atoms with Crippen molar-refractivity contribution in [2.45, 2.75) is 23.8 Å². The average Bonchev–Trinajstić information content (AvgIpc) is 2.96. The standard InChI is InChI=1S/C15H18N2O2S/c16-11-13-7-4-10-17(13)20(18,19)15-9-3-6-12-5-1-2-8-14(12)15/h1-3,5-6,8-9,13H,4,7,10-11,16H2. The minimum Gasteiger partial charge on any atom is -0.329 e. The molecule has 0 aromatic heterocycles. The zero-order chi connectivity index (χ0) is 14.2. The summed E-state index contributed by atoms with van der Waals surface area (Å²) in [5.41, 5.74) is 5.71. The third-order valence-electron chi connectivity index (χ3n) is 3.93. The largest absolute Gasteiger partial charge is 0.329 e. The monoisotopic (exact) mass is 290 g/mol. The van der Waals surface area contributed by atoms with Gasteiger partial charge in [-0.05, 0) is 24.3 Å². The van der Waals surface area contributed by atoms with Crippen molar-refractivity contribution in [3.63, 3.8) is 0 Å². The minimum absolute atomic E-state index is 0.0704. The Kier molecular flexibility index (Phi) is 3.50. The molecule has 1 heterocycles. The third kappa shape index (κ3) is 2.12. The van der Waals surface area contributed by atoms with Crippen LogP contribution in [0.25, 0.3) is 10.8 Å². The van der Waals surface area contributed by atoms with E-state index in [1.807, 2.05) is 30.3 Å². The number of sulfonamides is 1. The van der Waals surface area contributed by atoms with Crippen LogP contribution < -0.4 is 5.73 Å². The molecule has 1 fully saturated rings. The van der Waals surface area contributed by atoms with Crippen molar-refractivity contribution in [3.8, 4) is 0 Å². The van der Waals surface area contributed by atoms with E-state index in [-0.39, 0.29) is 6.04 Å². The summed E-state index contributed by atoms with van der Waals surface area (Å²) >= 11 is 0. The fourth-order valence-electron chi connectivity index (χ4n) is 2.91. The van der Waals surface area contributed by atoms with Crippen LogP contribution in [-0.4, -0.2) is 31.9 Å². The van der Waals surface area contributed by atoms with Crippen LogP contribution >= 0.6 is 0 Å². The highest BCUT2D eigenvalue weighted by atomic mass is 32.2. The van der Waals surface area contributed by atoms with Gasteiger partial charge in [-0.15, -0.1) is 0 Å². The van der Waals surface area contributed by atoms with Crippen molar-refractivity contribution >= 4 is 20.8 Å². The number of hydrogen-bond acceptors (Lipinski definition) is 3. The second kappa shape index (κ2) is 5.16. The van der Waals surface area contributed by atoms with Gasteiger partial charge in [0.25, 0.3) is 0 Å². The highest BCUT2D eigenvalue weighted by Crippen LogP contribution is 2.30. The summed E-state index contributed by atoms with van der Waals surface area (Å²) in [5.74, 6) is 0. The Hall–Kier alpha value is -1.43. The van der Waals surface area contributed by atoms with Crippen LogP contribution in [0.5, 0.6) is 0 Å². The first kappa shape index (κ1) is 13.5. The Morgan fingerprint density at radius 3 is 2.70 bits per heavy atom. The predicted octanol–water partition coefficient (Wildman–Crippen LogP) is 1.95. The molecule has 106 valence electrons. The van der Waals surface area contributed by atoms with Crippen molar-refractivity contribution < 1.29 is 8.42 Å². The lowest BCUT2D eigenvalue weighted by Gasteiger charge is -2.23. The van der Waals surface area contributed by atoms with E-state index in [0.717, 1.165) is 23.6 Å². The van der Waals surface area contributed by atoms with E-state index in [4.69, 9.17) is 5.73 Å². The number of rotatable bonds is 3. The Morgan fingerprint density at radius 2 is 1.90 bits per heavy atom. The maximum absolute atomic E-state index is 12.9. The molecule has 0 aliphatic carbocycles. The van der Waals surface area contributed by atoms with Crippen LogP contribution in [0.3, 0.4) is 0 Å². The van der Waals surface area contributed by atoms with Crippen LogP contribution in [0.4, 0.5) is 0 Å². The maximum Gasteiger partial charge on any atom is 0.243 e. The summed E-state index contributed by atoms with van der Waals surface area (Å²) < 4.78 is 27.3. The van der Waals surface area contributed by atoms with E-state index in [1.54, 1.807) is 16.4 Å². The number of nitrogens with zero attached hydrogens (tertiary/aromatic N) is 1. The van der Waals surface area contributed by atoms with E-state index in [0.29, 0.717) is 18.0 Å². The van der Waals surface area contributed by atoms with Gasteiger partial charge < -0.3 is 5.73 Å². The van der Waals surface area contributed by atoms with Crippen molar-refractivity contribution in [2.24, 2.45) is 5.73 Å². The van der Waals surface area contributed by atoms with E-state index in [1.165, 1.54) is 0 Å². The molecular weight excluding hydrogens is 272 g/mol. The summed E-state index contributed by atoms with van der Waals surface area (Å²) in [4.78, 5) is 0.385.